The third-order valence-electron chi connectivity index (χ3n) is 4.76. The number of amides is 1. The number of carbonyl (C=O) groups is 1. The molecule has 2 saturated heterocycles. The molecule has 0 spiro atoms. The van der Waals surface area contributed by atoms with Gasteiger partial charge in [0.1, 0.15) is 0 Å². The summed E-state index contributed by atoms with van der Waals surface area (Å²) in [6.45, 7) is 12.8. The number of piperidine rings is 1. The predicted octanol–water partition coefficient (Wildman–Crippen LogP) is 0.897. The minimum Gasteiger partial charge on any atom is -0.383 e. The van der Waals surface area contributed by atoms with Crippen LogP contribution in [0.1, 0.15) is 26.7 Å². The van der Waals surface area contributed by atoms with Gasteiger partial charge in [0.05, 0.1) is 6.61 Å². The van der Waals surface area contributed by atoms with Crippen LogP contribution < -0.4 is 0 Å². The van der Waals surface area contributed by atoms with Crippen molar-refractivity contribution in [2.24, 2.45) is 5.92 Å². The molecule has 122 valence electrons. The van der Waals surface area contributed by atoms with Gasteiger partial charge in [0.2, 0.25) is 5.91 Å². The van der Waals surface area contributed by atoms with Gasteiger partial charge in [-0.25, -0.2) is 0 Å². The molecule has 1 amide bonds. The van der Waals surface area contributed by atoms with Crippen LogP contribution in [0.5, 0.6) is 0 Å². The molecule has 1 atom stereocenters. The van der Waals surface area contributed by atoms with Crippen LogP contribution in [0.4, 0.5) is 0 Å². The van der Waals surface area contributed by atoms with Gasteiger partial charge in [0.25, 0.3) is 0 Å². The van der Waals surface area contributed by atoms with Crippen LogP contribution >= 0.6 is 0 Å². The monoisotopic (exact) mass is 297 g/mol. The second kappa shape index (κ2) is 8.11. The first-order chi connectivity index (χ1) is 10.1. The molecule has 0 radical (unpaired) electrons. The van der Waals surface area contributed by atoms with Crippen molar-refractivity contribution in [2.45, 2.75) is 32.7 Å². The van der Waals surface area contributed by atoms with E-state index in [1.54, 1.807) is 7.11 Å². The SMILES string of the molecule is COCCN1CCN(CC2CCC(=O)N(C(C)C)C2)CC1. The molecule has 2 fully saturated rings. The second-order valence-electron chi connectivity index (χ2n) is 6.68. The van der Waals surface area contributed by atoms with Gasteiger partial charge in [-0.3, -0.25) is 9.69 Å². The molecule has 0 aromatic carbocycles. The van der Waals surface area contributed by atoms with E-state index < -0.39 is 0 Å². The zero-order valence-corrected chi connectivity index (χ0v) is 13.9. The highest BCUT2D eigenvalue weighted by atomic mass is 16.5. The van der Waals surface area contributed by atoms with E-state index in [2.05, 4.69) is 28.5 Å². The Morgan fingerprint density at radius 1 is 1.19 bits per heavy atom. The van der Waals surface area contributed by atoms with Crippen LogP contribution in [0.25, 0.3) is 0 Å². The summed E-state index contributed by atoms with van der Waals surface area (Å²) in [6.07, 6.45) is 1.79. The summed E-state index contributed by atoms with van der Waals surface area (Å²) >= 11 is 0. The van der Waals surface area contributed by atoms with Gasteiger partial charge in [-0.05, 0) is 26.2 Å². The van der Waals surface area contributed by atoms with Crippen molar-refractivity contribution in [1.82, 2.24) is 14.7 Å². The standard InChI is InChI=1S/C16H31N3O2/c1-14(2)19-13-15(4-5-16(19)20)12-18-8-6-17(7-9-18)10-11-21-3/h14-15H,4-13H2,1-3H3. The van der Waals surface area contributed by atoms with Crippen molar-refractivity contribution in [2.75, 3.05) is 59.5 Å². The lowest BCUT2D eigenvalue weighted by molar-refractivity contribution is -0.137. The molecule has 5 nitrogen and oxygen atoms in total. The zero-order chi connectivity index (χ0) is 15.2. The highest BCUT2D eigenvalue weighted by Crippen LogP contribution is 2.21. The topological polar surface area (TPSA) is 36.0 Å². The molecule has 21 heavy (non-hydrogen) atoms. The molecule has 0 aliphatic carbocycles. The Hall–Kier alpha value is -0.650. The largest absolute Gasteiger partial charge is 0.383 e. The Labute approximate surface area is 129 Å². The molecule has 2 rings (SSSR count). The van der Waals surface area contributed by atoms with Crippen molar-refractivity contribution in [1.29, 1.82) is 0 Å². The van der Waals surface area contributed by atoms with Gasteiger partial charge >= 0.3 is 0 Å². The summed E-state index contributed by atoms with van der Waals surface area (Å²) < 4.78 is 5.14. The first-order valence-corrected chi connectivity index (χ1v) is 8.33. The van der Waals surface area contributed by atoms with Crippen LogP contribution in [0.2, 0.25) is 0 Å². The molecular weight excluding hydrogens is 266 g/mol. The number of hydrogen-bond donors (Lipinski definition) is 0. The fourth-order valence-corrected chi connectivity index (χ4v) is 3.37. The Morgan fingerprint density at radius 2 is 1.86 bits per heavy atom. The number of likely N-dealkylation sites (tertiary alicyclic amines) is 1. The third kappa shape index (κ3) is 4.94. The lowest BCUT2D eigenvalue weighted by Gasteiger charge is -2.40. The van der Waals surface area contributed by atoms with E-state index in [9.17, 15) is 4.79 Å². The van der Waals surface area contributed by atoms with Gasteiger partial charge in [0, 0.05) is 65.4 Å². The summed E-state index contributed by atoms with van der Waals surface area (Å²) in [5.41, 5.74) is 0. The van der Waals surface area contributed by atoms with Crippen molar-refractivity contribution in [3.05, 3.63) is 0 Å². The number of piperazine rings is 1. The van der Waals surface area contributed by atoms with Gasteiger partial charge in [-0.15, -0.1) is 0 Å². The van der Waals surface area contributed by atoms with Crippen LogP contribution in [-0.2, 0) is 9.53 Å². The van der Waals surface area contributed by atoms with E-state index in [0.29, 0.717) is 17.9 Å². The average molecular weight is 297 g/mol. The molecule has 2 aliphatic heterocycles. The van der Waals surface area contributed by atoms with E-state index in [4.69, 9.17) is 4.74 Å². The van der Waals surface area contributed by atoms with Crippen LogP contribution in [0.3, 0.4) is 0 Å². The molecule has 0 aromatic rings. The number of rotatable bonds is 6. The Bertz CT molecular complexity index is 327. The highest BCUT2D eigenvalue weighted by Gasteiger charge is 2.29. The number of ether oxygens (including phenoxy) is 1. The number of hydrogen-bond acceptors (Lipinski definition) is 4. The normalized spacial score (nSPS) is 25.8. The second-order valence-corrected chi connectivity index (χ2v) is 6.68. The fraction of sp³-hybridized carbons (Fsp3) is 0.938. The average Bonchev–Trinajstić information content (AvgIpc) is 2.48. The fourth-order valence-electron chi connectivity index (χ4n) is 3.37. The number of methoxy groups -OCH3 is 1. The molecule has 0 N–H and O–H groups in total. The van der Waals surface area contributed by atoms with E-state index >= 15 is 0 Å². The predicted molar refractivity (Wildman–Crippen MR) is 84.3 cm³/mol. The van der Waals surface area contributed by atoms with Crippen LogP contribution in [-0.4, -0.2) is 86.2 Å². The van der Waals surface area contributed by atoms with Crippen molar-refractivity contribution in [3.63, 3.8) is 0 Å². The zero-order valence-electron chi connectivity index (χ0n) is 13.9. The maximum Gasteiger partial charge on any atom is 0.222 e. The van der Waals surface area contributed by atoms with E-state index in [0.717, 1.165) is 65.3 Å². The van der Waals surface area contributed by atoms with E-state index in [-0.39, 0.29) is 0 Å². The number of nitrogens with zero attached hydrogens (tertiary/aromatic N) is 3. The first kappa shape index (κ1) is 16.7. The van der Waals surface area contributed by atoms with E-state index in [1.165, 1.54) is 0 Å². The first-order valence-electron chi connectivity index (χ1n) is 8.33. The maximum atomic E-state index is 11.9. The summed E-state index contributed by atoms with van der Waals surface area (Å²) in [5.74, 6) is 0.987. The smallest absolute Gasteiger partial charge is 0.222 e. The van der Waals surface area contributed by atoms with Gasteiger partial charge in [0.15, 0.2) is 0 Å². The summed E-state index contributed by atoms with van der Waals surface area (Å²) in [4.78, 5) is 19.0. The Morgan fingerprint density at radius 3 is 2.48 bits per heavy atom. The minimum absolute atomic E-state index is 0.339. The summed E-state index contributed by atoms with van der Waals surface area (Å²) in [7, 11) is 1.76. The summed E-state index contributed by atoms with van der Waals surface area (Å²) in [6, 6.07) is 0.339. The number of carbonyl (C=O) groups excluding carboxylic acids is 1. The van der Waals surface area contributed by atoms with Crippen LogP contribution in [0.15, 0.2) is 0 Å². The lowest BCUT2D eigenvalue weighted by Crippen LogP contribution is -2.51. The van der Waals surface area contributed by atoms with Gasteiger partial charge in [-0.1, -0.05) is 0 Å². The molecular formula is C16H31N3O2. The molecule has 5 heteroatoms. The maximum absolute atomic E-state index is 11.9. The molecule has 2 heterocycles. The third-order valence-corrected chi connectivity index (χ3v) is 4.76. The van der Waals surface area contributed by atoms with Gasteiger partial charge < -0.3 is 14.5 Å². The Balaban J connectivity index is 1.72. The van der Waals surface area contributed by atoms with Crippen LogP contribution in [0, 0.1) is 5.92 Å². The minimum atomic E-state index is 0.339. The molecule has 0 bridgehead atoms. The van der Waals surface area contributed by atoms with Crippen molar-refractivity contribution < 1.29 is 9.53 Å². The quantitative estimate of drug-likeness (QED) is 0.730. The van der Waals surface area contributed by atoms with Crippen molar-refractivity contribution >= 4 is 5.91 Å². The highest BCUT2D eigenvalue weighted by molar-refractivity contribution is 5.77. The van der Waals surface area contributed by atoms with E-state index in [1.807, 2.05) is 0 Å². The summed E-state index contributed by atoms with van der Waals surface area (Å²) in [5, 5.41) is 0. The molecule has 1 unspecified atom stereocenters. The lowest BCUT2D eigenvalue weighted by atomic mass is 9.95. The van der Waals surface area contributed by atoms with Gasteiger partial charge in [-0.2, -0.15) is 0 Å². The van der Waals surface area contributed by atoms with Crippen molar-refractivity contribution in [3.8, 4) is 0 Å². The molecule has 0 saturated carbocycles. The molecule has 0 aromatic heterocycles. The molecule has 2 aliphatic rings. The Kier molecular flexibility index (Phi) is 6.45.